The van der Waals surface area contributed by atoms with E-state index in [0.29, 0.717) is 40.7 Å². The van der Waals surface area contributed by atoms with Crippen molar-refractivity contribution in [3.05, 3.63) is 54.6 Å². The summed E-state index contributed by atoms with van der Waals surface area (Å²) in [4.78, 5) is 12.5. The van der Waals surface area contributed by atoms with Gasteiger partial charge >= 0.3 is 0 Å². The SMILES string of the molecule is C=CCn1c(SCC(=O)Nc2ccc(C(C)C)cc2)nnc1-c1cc(OC)c(OC)c(OC)c1. The largest absolute Gasteiger partial charge is 0.493 e. The van der Waals surface area contributed by atoms with Crippen LogP contribution in [-0.4, -0.2) is 47.8 Å². The van der Waals surface area contributed by atoms with Crippen molar-refractivity contribution >= 4 is 23.4 Å². The van der Waals surface area contributed by atoms with E-state index in [0.717, 1.165) is 11.3 Å². The van der Waals surface area contributed by atoms with Crippen LogP contribution < -0.4 is 19.5 Å². The Hall–Kier alpha value is -3.46. The second-order valence-corrected chi connectivity index (χ2v) is 8.68. The number of ether oxygens (including phenoxy) is 3. The number of rotatable bonds is 11. The predicted octanol–water partition coefficient (Wildman–Crippen LogP) is 5.01. The summed E-state index contributed by atoms with van der Waals surface area (Å²) in [7, 11) is 4.68. The Balaban J connectivity index is 1.79. The van der Waals surface area contributed by atoms with Crippen molar-refractivity contribution in [3.8, 4) is 28.6 Å². The monoisotopic (exact) mass is 482 g/mol. The maximum atomic E-state index is 12.5. The molecule has 0 saturated heterocycles. The molecule has 0 aliphatic carbocycles. The lowest BCUT2D eigenvalue weighted by molar-refractivity contribution is -0.113. The lowest BCUT2D eigenvalue weighted by Gasteiger charge is -2.14. The van der Waals surface area contributed by atoms with Gasteiger partial charge in [-0.3, -0.25) is 9.36 Å². The Labute approximate surface area is 204 Å². The van der Waals surface area contributed by atoms with Crippen molar-refractivity contribution in [2.75, 3.05) is 32.4 Å². The summed E-state index contributed by atoms with van der Waals surface area (Å²) in [5.41, 5.74) is 2.73. The van der Waals surface area contributed by atoms with Gasteiger partial charge in [-0.15, -0.1) is 16.8 Å². The standard InChI is InChI=1S/C25H30N4O4S/c1-7-12-29-24(18-13-20(31-4)23(33-6)21(14-18)32-5)27-28-25(29)34-15-22(30)26-19-10-8-17(9-11-19)16(2)3/h7-11,13-14,16H,1,12,15H2,2-6H3,(H,26,30). The first-order chi connectivity index (χ1) is 16.4. The van der Waals surface area contributed by atoms with Gasteiger partial charge in [0.15, 0.2) is 22.5 Å². The molecule has 9 heteroatoms. The molecule has 0 unspecified atom stereocenters. The van der Waals surface area contributed by atoms with Crippen molar-refractivity contribution < 1.29 is 19.0 Å². The molecule has 3 rings (SSSR count). The third-order valence-corrected chi connectivity index (χ3v) is 6.11. The Bertz CT molecular complexity index is 1120. The predicted molar refractivity (Wildman–Crippen MR) is 135 cm³/mol. The fourth-order valence-electron chi connectivity index (χ4n) is 3.39. The molecular formula is C25H30N4O4S. The maximum Gasteiger partial charge on any atom is 0.234 e. The summed E-state index contributed by atoms with van der Waals surface area (Å²) >= 11 is 1.31. The minimum absolute atomic E-state index is 0.121. The summed E-state index contributed by atoms with van der Waals surface area (Å²) in [6, 6.07) is 11.5. The third kappa shape index (κ3) is 5.72. The number of carbonyl (C=O) groups is 1. The fraction of sp³-hybridized carbons (Fsp3) is 0.320. The molecule has 1 N–H and O–H groups in total. The van der Waals surface area contributed by atoms with E-state index in [1.165, 1.54) is 17.3 Å². The molecule has 0 fully saturated rings. The van der Waals surface area contributed by atoms with Gasteiger partial charge < -0.3 is 19.5 Å². The molecule has 0 bridgehead atoms. The van der Waals surface area contributed by atoms with E-state index in [9.17, 15) is 4.79 Å². The molecule has 0 aliphatic heterocycles. The number of aromatic nitrogens is 3. The highest BCUT2D eigenvalue weighted by atomic mass is 32.2. The van der Waals surface area contributed by atoms with E-state index in [1.807, 2.05) is 41.0 Å². The highest BCUT2D eigenvalue weighted by molar-refractivity contribution is 7.99. The van der Waals surface area contributed by atoms with Crippen LogP contribution in [0.4, 0.5) is 5.69 Å². The van der Waals surface area contributed by atoms with Crippen LogP contribution in [0.2, 0.25) is 0 Å². The lowest BCUT2D eigenvalue weighted by Crippen LogP contribution is -2.14. The number of methoxy groups -OCH3 is 3. The van der Waals surface area contributed by atoms with Crippen molar-refractivity contribution in [2.24, 2.45) is 0 Å². The van der Waals surface area contributed by atoms with Crippen LogP contribution in [0.25, 0.3) is 11.4 Å². The summed E-state index contributed by atoms with van der Waals surface area (Å²) in [5.74, 6) is 2.64. The summed E-state index contributed by atoms with van der Waals surface area (Å²) in [6.07, 6.45) is 1.76. The molecule has 3 aromatic rings. The van der Waals surface area contributed by atoms with Crippen LogP contribution in [0.15, 0.2) is 54.2 Å². The van der Waals surface area contributed by atoms with E-state index in [2.05, 4.69) is 35.9 Å². The Morgan fingerprint density at radius 1 is 1.09 bits per heavy atom. The second kappa shape index (κ2) is 11.6. The maximum absolute atomic E-state index is 12.5. The molecule has 8 nitrogen and oxygen atoms in total. The molecule has 0 spiro atoms. The van der Waals surface area contributed by atoms with Gasteiger partial charge in [0.2, 0.25) is 11.7 Å². The van der Waals surface area contributed by atoms with E-state index >= 15 is 0 Å². The average Bonchev–Trinajstić information content (AvgIpc) is 3.24. The second-order valence-electron chi connectivity index (χ2n) is 7.73. The first-order valence-electron chi connectivity index (χ1n) is 10.8. The average molecular weight is 483 g/mol. The van der Waals surface area contributed by atoms with Crippen molar-refractivity contribution in [1.82, 2.24) is 14.8 Å². The quantitative estimate of drug-likeness (QED) is 0.304. The minimum atomic E-state index is -0.121. The summed E-state index contributed by atoms with van der Waals surface area (Å²) < 4.78 is 18.2. The highest BCUT2D eigenvalue weighted by Crippen LogP contribution is 2.41. The van der Waals surface area contributed by atoms with Crippen LogP contribution in [0.5, 0.6) is 17.2 Å². The fourth-order valence-corrected chi connectivity index (χ4v) is 4.14. The number of anilines is 1. The lowest BCUT2D eigenvalue weighted by atomic mass is 10.0. The van der Waals surface area contributed by atoms with Crippen molar-refractivity contribution in [3.63, 3.8) is 0 Å². The van der Waals surface area contributed by atoms with E-state index in [4.69, 9.17) is 14.2 Å². The van der Waals surface area contributed by atoms with Crippen LogP contribution in [0, 0.1) is 0 Å². The Morgan fingerprint density at radius 3 is 2.26 bits per heavy atom. The van der Waals surface area contributed by atoms with Crippen molar-refractivity contribution in [2.45, 2.75) is 31.5 Å². The molecule has 1 heterocycles. The molecule has 0 radical (unpaired) electrons. The number of nitrogens with one attached hydrogen (secondary N) is 1. The van der Waals surface area contributed by atoms with Crippen LogP contribution >= 0.6 is 11.8 Å². The number of carbonyl (C=O) groups excluding carboxylic acids is 1. The molecule has 180 valence electrons. The number of hydrogen-bond donors (Lipinski definition) is 1. The minimum Gasteiger partial charge on any atom is -0.493 e. The number of nitrogens with zero attached hydrogens (tertiary/aromatic N) is 3. The van der Waals surface area contributed by atoms with Crippen molar-refractivity contribution in [1.29, 1.82) is 0 Å². The van der Waals surface area contributed by atoms with Crippen LogP contribution in [-0.2, 0) is 11.3 Å². The zero-order valence-corrected chi connectivity index (χ0v) is 20.9. The normalized spacial score (nSPS) is 10.8. The molecule has 0 aliphatic rings. The van der Waals surface area contributed by atoms with Gasteiger partial charge in [-0.2, -0.15) is 0 Å². The number of benzene rings is 2. The van der Waals surface area contributed by atoms with Gasteiger partial charge in [-0.1, -0.05) is 43.8 Å². The van der Waals surface area contributed by atoms with E-state index < -0.39 is 0 Å². The smallest absolute Gasteiger partial charge is 0.234 e. The van der Waals surface area contributed by atoms with Gasteiger partial charge in [0.1, 0.15) is 0 Å². The molecule has 2 aromatic carbocycles. The molecule has 34 heavy (non-hydrogen) atoms. The third-order valence-electron chi connectivity index (χ3n) is 5.14. The number of hydrogen-bond acceptors (Lipinski definition) is 7. The molecule has 1 amide bonds. The molecule has 0 atom stereocenters. The molecule has 1 aromatic heterocycles. The zero-order chi connectivity index (χ0) is 24.7. The van der Waals surface area contributed by atoms with E-state index in [1.54, 1.807) is 27.4 Å². The molecule has 0 saturated carbocycles. The zero-order valence-electron chi connectivity index (χ0n) is 20.1. The summed E-state index contributed by atoms with van der Waals surface area (Å²) in [5, 5.41) is 12.2. The number of amides is 1. The van der Waals surface area contributed by atoms with Crippen LogP contribution in [0.1, 0.15) is 25.3 Å². The molecular weight excluding hydrogens is 452 g/mol. The first kappa shape index (κ1) is 25.2. The Morgan fingerprint density at radius 2 is 1.74 bits per heavy atom. The first-order valence-corrected chi connectivity index (χ1v) is 11.8. The van der Waals surface area contributed by atoms with Crippen LogP contribution in [0.3, 0.4) is 0 Å². The van der Waals surface area contributed by atoms with E-state index in [-0.39, 0.29) is 11.7 Å². The van der Waals surface area contributed by atoms with Gasteiger partial charge in [0.05, 0.1) is 27.1 Å². The van der Waals surface area contributed by atoms with Gasteiger partial charge in [-0.25, -0.2) is 0 Å². The Kier molecular flexibility index (Phi) is 8.59. The van der Waals surface area contributed by atoms with Gasteiger partial charge in [-0.05, 0) is 35.7 Å². The van der Waals surface area contributed by atoms with Gasteiger partial charge in [0, 0.05) is 17.8 Å². The summed E-state index contributed by atoms with van der Waals surface area (Å²) in [6.45, 7) is 8.58. The van der Waals surface area contributed by atoms with Gasteiger partial charge in [0.25, 0.3) is 0 Å². The number of allylic oxidation sites excluding steroid dienone is 1. The topological polar surface area (TPSA) is 87.5 Å². The number of thioether (sulfide) groups is 1. The highest BCUT2D eigenvalue weighted by Gasteiger charge is 2.20.